The standard InChI is InChI=1S/C23H25N3OS2/c1-15(2)13-25-17(4)16(3)24-23(25)28-14-22(27)26-18-9-5-7-11-20(18)29-21-12-8-6-10-19(21)26/h5-12,15H,13-14H2,1-4H3. The lowest BCUT2D eigenvalue weighted by molar-refractivity contribution is -0.115. The molecule has 1 aliphatic rings. The minimum Gasteiger partial charge on any atom is -0.323 e. The van der Waals surface area contributed by atoms with E-state index in [1.165, 1.54) is 17.5 Å². The highest BCUT2D eigenvalue weighted by Gasteiger charge is 2.28. The first kappa shape index (κ1) is 20.1. The molecule has 0 spiro atoms. The van der Waals surface area contributed by atoms with Crippen LogP contribution in [0.2, 0.25) is 0 Å². The third-order valence-corrected chi connectivity index (χ3v) is 7.07. The zero-order chi connectivity index (χ0) is 20.5. The fraction of sp³-hybridized carbons (Fsp3) is 0.304. The SMILES string of the molecule is Cc1nc(SCC(=O)N2c3ccccc3Sc3ccccc32)n(CC(C)C)c1C. The summed E-state index contributed by atoms with van der Waals surface area (Å²) in [5, 5.41) is 0.926. The topological polar surface area (TPSA) is 38.1 Å². The fourth-order valence-electron chi connectivity index (χ4n) is 3.48. The van der Waals surface area contributed by atoms with Gasteiger partial charge in [-0.25, -0.2) is 4.98 Å². The zero-order valence-corrected chi connectivity index (χ0v) is 18.8. The lowest BCUT2D eigenvalue weighted by Gasteiger charge is -2.31. The van der Waals surface area contributed by atoms with Crippen LogP contribution in [0.3, 0.4) is 0 Å². The maximum atomic E-state index is 13.4. The second-order valence-corrected chi connectivity index (χ2v) is 9.65. The summed E-state index contributed by atoms with van der Waals surface area (Å²) in [5.41, 5.74) is 4.13. The predicted octanol–water partition coefficient (Wildman–Crippen LogP) is 6.08. The second kappa shape index (κ2) is 8.28. The number of amides is 1. The number of rotatable bonds is 5. The van der Waals surface area contributed by atoms with Gasteiger partial charge in [-0.05, 0) is 44.0 Å². The van der Waals surface area contributed by atoms with Crippen molar-refractivity contribution in [3.8, 4) is 0 Å². The molecule has 1 aromatic heterocycles. The summed E-state index contributed by atoms with van der Waals surface area (Å²) in [4.78, 5) is 22.2. The van der Waals surface area contributed by atoms with Crippen molar-refractivity contribution in [1.29, 1.82) is 0 Å². The summed E-state index contributed by atoms with van der Waals surface area (Å²) in [6, 6.07) is 16.2. The van der Waals surface area contributed by atoms with Crippen LogP contribution in [0.1, 0.15) is 25.2 Å². The zero-order valence-electron chi connectivity index (χ0n) is 17.2. The third kappa shape index (κ3) is 3.96. The third-order valence-electron chi connectivity index (χ3n) is 4.98. The molecule has 29 heavy (non-hydrogen) atoms. The van der Waals surface area contributed by atoms with Gasteiger partial charge in [0.05, 0.1) is 22.8 Å². The van der Waals surface area contributed by atoms with E-state index in [0.29, 0.717) is 11.7 Å². The molecule has 2 aromatic carbocycles. The van der Waals surface area contributed by atoms with Gasteiger partial charge >= 0.3 is 0 Å². The van der Waals surface area contributed by atoms with Gasteiger partial charge in [0.15, 0.2) is 5.16 Å². The van der Waals surface area contributed by atoms with Crippen molar-refractivity contribution in [3.63, 3.8) is 0 Å². The van der Waals surface area contributed by atoms with Gasteiger partial charge < -0.3 is 4.57 Å². The van der Waals surface area contributed by atoms with Crippen LogP contribution >= 0.6 is 23.5 Å². The molecular weight excluding hydrogens is 398 g/mol. The molecule has 0 atom stereocenters. The highest BCUT2D eigenvalue weighted by molar-refractivity contribution is 8.00. The molecule has 0 fully saturated rings. The highest BCUT2D eigenvalue weighted by atomic mass is 32.2. The number of anilines is 2. The van der Waals surface area contributed by atoms with Gasteiger partial charge in [-0.3, -0.25) is 9.69 Å². The Hall–Kier alpha value is -2.18. The van der Waals surface area contributed by atoms with Crippen molar-refractivity contribution >= 4 is 40.8 Å². The van der Waals surface area contributed by atoms with E-state index >= 15 is 0 Å². The van der Waals surface area contributed by atoms with Gasteiger partial charge in [0.2, 0.25) is 5.91 Å². The first-order valence-corrected chi connectivity index (χ1v) is 11.6. The van der Waals surface area contributed by atoms with Gasteiger partial charge in [0.1, 0.15) is 0 Å². The minimum absolute atomic E-state index is 0.0737. The molecule has 150 valence electrons. The quantitative estimate of drug-likeness (QED) is 0.466. The lowest BCUT2D eigenvalue weighted by Crippen LogP contribution is -2.30. The van der Waals surface area contributed by atoms with Crippen LogP contribution in [0.25, 0.3) is 0 Å². The van der Waals surface area contributed by atoms with Gasteiger partial charge in [-0.2, -0.15) is 0 Å². The van der Waals surface area contributed by atoms with Crippen LogP contribution in [0.4, 0.5) is 11.4 Å². The molecule has 0 bridgehead atoms. The van der Waals surface area contributed by atoms with Crippen molar-refractivity contribution in [2.75, 3.05) is 10.7 Å². The van der Waals surface area contributed by atoms with Crippen molar-refractivity contribution in [1.82, 2.24) is 9.55 Å². The number of carbonyl (C=O) groups is 1. The van der Waals surface area contributed by atoms with E-state index < -0.39 is 0 Å². The monoisotopic (exact) mass is 423 g/mol. The number of para-hydroxylation sites is 2. The number of aryl methyl sites for hydroxylation is 1. The number of imidazole rings is 1. The summed E-state index contributed by atoms with van der Waals surface area (Å²) >= 11 is 3.24. The fourth-order valence-corrected chi connectivity index (χ4v) is 5.49. The van der Waals surface area contributed by atoms with E-state index in [2.05, 4.69) is 37.5 Å². The number of hydrogen-bond donors (Lipinski definition) is 0. The van der Waals surface area contributed by atoms with Crippen LogP contribution in [0, 0.1) is 19.8 Å². The van der Waals surface area contributed by atoms with Gasteiger partial charge in [0, 0.05) is 22.0 Å². The molecular formula is C23H25N3OS2. The first-order chi connectivity index (χ1) is 14.0. The van der Waals surface area contributed by atoms with Crippen molar-refractivity contribution in [2.45, 2.75) is 49.2 Å². The molecule has 1 aliphatic heterocycles. The molecule has 0 unspecified atom stereocenters. The summed E-state index contributed by atoms with van der Waals surface area (Å²) in [6.07, 6.45) is 0. The summed E-state index contributed by atoms with van der Waals surface area (Å²) in [7, 11) is 0. The van der Waals surface area contributed by atoms with E-state index in [4.69, 9.17) is 4.98 Å². The average Bonchev–Trinajstić information content (AvgIpc) is 2.97. The Morgan fingerprint density at radius 1 is 1.03 bits per heavy atom. The number of benzene rings is 2. The maximum Gasteiger partial charge on any atom is 0.242 e. The number of thioether (sulfide) groups is 1. The highest BCUT2D eigenvalue weighted by Crippen LogP contribution is 2.48. The van der Waals surface area contributed by atoms with Gasteiger partial charge in [0.25, 0.3) is 0 Å². The lowest BCUT2D eigenvalue weighted by atomic mass is 10.2. The molecule has 0 N–H and O–H groups in total. The Labute approximate surface area is 180 Å². The molecule has 0 radical (unpaired) electrons. The van der Waals surface area contributed by atoms with Crippen molar-refractivity contribution in [3.05, 3.63) is 59.9 Å². The maximum absolute atomic E-state index is 13.4. The van der Waals surface area contributed by atoms with Crippen LogP contribution in [-0.4, -0.2) is 21.2 Å². The minimum atomic E-state index is 0.0737. The summed E-state index contributed by atoms with van der Waals surface area (Å²) in [5.74, 6) is 0.946. The van der Waals surface area contributed by atoms with Crippen molar-refractivity contribution in [2.24, 2.45) is 5.92 Å². The molecule has 4 nitrogen and oxygen atoms in total. The van der Waals surface area contributed by atoms with Crippen LogP contribution in [-0.2, 0) is 11.3 Å². The first-order valence-electron chi connectivity index (χ1n) is 9.81. The van der Waals surface area contributed by atoms with E-state index in [0.717, 1.165) is 38.6 Å². The van der Waals surface area contributed by atoms with Crippen LogP contribution < -0.4 is 4.90 Å². The Morgan fingerprint density at radius 2 is 1.62 bits per heavy atom. The van der Waals surface area contributed by atoms with E-state index in [-0.39, 0.29) is 5.91 Å². The Kier molecular flexibility index (Phi) is 5.74. The molecule has 6 heteroatoms. The van der Waals surface area contributed by atoms with Crippen molar-refractivity contribution < 1.29 is 4.79 Å². The molecule has 4 rings (SSSR count). The Bertz CT molecular complexity index is 1010. The van der Waals surface area contributed by atoms with Gasteiger partial charge in [-0.15, -0.1) is 0 Å². The molecule has 2 heterocycles. The van der Waals surface area contributed by atoms with Crippen LogP contribution in [0.5, 0.6) is 0 Å². The van der Waals surface area contributed by atoms with Crippen LogP contribution in [0.15, 0.2) is 63.5 Å². The number of carbonyl (C=O) groups excluding carboxylic acids is 1. The Balaban J connectivity index is 1.61. The van der Waals surface area contributed by atoms with E-state index in [1.807, 2.05) is 48.2 Å². The summed E-state index contributed by atoms with van der Waals surface area (Å²) < 4.78 is 2.24. The van der Waals surface area contributed by atoms with E-state index in [1.54, 1.807) is 11.8 Å². The predicted molar refractivity (Wildman–Crippen MR) is 121 cm³/mol. The number of nitrogens with zero attached hydrogens (tertiary/aromatic N) is 3. The van der Waals surface area contributed by atoms with E-state index in [9.17, 15) is 4.79 Å². The average molecular weight is 424 g/mol. The molecule has 3 aromatic rings. The largest absolute Gasteiger partial charge is 0.323 e. The Morgan fingerprint density at radius 3 is 2.21 bits per heavy atom. The summed E-state index contributed by atoms with van der Waals surface area (Å²) in [6.45, 7) is 9.45. The molecule has 0 saturated carbocycles. The number of aromatic nitrogens is 2. The molecule has 0 saturated heterocycles. The number of hydrogen-bond acceptors (Lipinski definition) is 4. The molecule has 0 aliphatic carbocycles. The normalized spacial score (nSPS) is 12.8. The second-order valence-electron chi connectivity index (χ2n) is 7.62. The molecule has 1 amide bonds. The van der Waals surface area contributed by atoms with Gasteiger partial charge in [-0.1, -0.05) is 61.6 Å². The smallest absolute Gasteiger partial charge is 0.242 e. The number of fused-ring (bicyclic) bond motifs is 2.